The molecular weight excluding hydrogens is 258 g/mol. The zero-order valence-electron chi connectivity index (χ0n) is 11.7. The number of likely N-dealkylation sites (N-methyl/N-ethyl adjacent to an activating group) is 1. The van der Waals surface area contributed by atoms with Crippen LogP contribution in [0.15, 0.2) is 18.2 Å². The van der Waals surface area contributed by atoms with Gasteiger partial charge < -0.3 is 20.7 Å². The summed E-state index contributed by atoms with van der Waals surface area (Å²) in [6.45, 7) is 0.538. The van der Waals surface area contributed by atoms with E-state index in [2.05, 4.69) is 5.32 Å². The summed E-state index contributed by atoms with van der Waals surface area (Å²) in [6.07, 6.45) is 1.13. The van der Waals surface area contributed by atoms with Gasteiger partial charge in [0.15, 0.2) is 0 Å². The van der Waals surface area contributed by atoms with E-state index in [0.717, 1.165) is 0 Å². The molecule has 2 amide bonds. The van der Waals surface area contributed by atoms with Gasteiger partial charge >= 0.3 is 0 Å². The number of nitrogens with one attached hydrogen (secondary N) is 1. The minimum absolute atomic E-state index is 0.0197. The van der Waals surface area contributed by atoms with E-state index in [1.165, 1.54) is 7.11 Å². The number of piperidine rings is 1. The van der Waals surface area contributed by atoms with Crippen LogP contribution in [0.4, 0.5) is 5.69 Å². The molecule has 0 spiro atoms. The highest BCUT2D eigenvalue weighted by Crippen LogP contribution is 2.22. The Morgan fingerprint density at radius 2 is 2.25 bits per heavy atom. The minimum atomic E-state index is -0.184. The summed E-state index contributed by atoms with van der Waals surface area (Å²) in [5, 5.41) is 2.93. The highest BCUT2D eigenvalue weighted by Gasteiger charge is 2.24. The molecular formula is C14H19N3O3. The first-order chi connectivity index (χ1) is 9.51. The Hall–Kier alpha value is -2.24. The molecule has 6 heteroatoms. The Bertz CT molecular complexity index is 530. The van der Waals surface area contributed by atoms with Crippen LogP contribution in [0.3, 0.4) is 0 Å². The number of nitrogen functional groups attached to an aromatic ring is 1. The first kappa shape index (κ1) is 14.2. The van der Waals surface area contributed by atoms with Crippen LogP contribution < -0.4 is 15.8 Å². The average molecular weight is 277 g/mol. The summed E-state index contributed by atoms with van der Waals surface area (Å²) in [4.78, 5) is 25.2. The van der Waals surface area contributed by atoms with Crippen LogP contribution in [-0.4, -0.2) is 43.5 Å². The van der Waals surface area contributed by atoms with Crippen molar-refractivity contribution in [1.29, 1.82) is 0 Å². The van der Waals surface area contributed by atoms with Gasteiger partial charge in [-0.15, -0.1) is 0 Å². The first-order valence-corrected chi connectivity index (χ1v) is 6.49. The van der Waals surface area contributed by atoms with Gasteiger partial charge in [0.05, 0.1) is 12.8 Å². The molecule has 3 N–H and O–H groups in total. The molecule has 6 nitrogen and oxygen atoms in total. The molecule has 108 valence electrons. The predicted molar refractivity (Wildman–Crippen MR) is 75.5 cm³/mol. The maximum Gasteiger partial charge on any atom is 0.251 e. The third kappa shape index (κ3) is 3.01. The van der Waals surface area contributed by atoms with E-state index in [9.17, 15) is 9.59 Å². The molecule has 1 atom stereocenters. The Morgan fingerprint density at radius 3 is 2.90 bits per heavy atom. The summed E-state index contributed by atoms with van der Waals surface area (Å²) in [5.74, 6) is 0.411. The number of anilines is 1. The third-order valence-electron chi connectivity index (χ3n) is 3.46. The van der Waals surface area contributed by atoms with Crippen molar-refractivity contribution in [2.75, 3.05) is 26.4 Å². The first-order valence-electron chi connectivity index (χ1n) is 6.49. The normalized spacial score (nSPS) is 18.8. The van der Waals surface area contributed by atoms with Gasteiger partial charge in [-0.3, -0.25) is 9.59 Å². The molecule has 1 aliphatic heterocycles. The molecule has 1 heterocycles. The molecule has 0 bridgehead atoms. The number of rotatable bonds is 3. The second kappa shape index (κ2) is 5.81. The fourth-order valence-corrected chi connectivity index (χ4v) is 2.25. The van der Waals surface area contributed by atoms with Gasteiger partial charge in [0.1, 0.15) is 5.75 Å². The van der Waals surface area contributed by atoms with Crippen molar-refractivity contribution < 1.29 is 14.3 Å². The number of carbonyl (C=O) groups is 2. The topological polar surface area (TPSA) is 84.7 Å². The van der Waals surface area contributed by atoms with Crippen LogP contribution in [0.25, 0.3) is 0 Å². The maximum atomic E-state index is 12.2. The smallest absolute Gasteiger partial charge is 0.251 e. The largest absolute Gasteiger partial charge is 0.495 e. The standard InChI is InChI=1S/C14H19N3O3/c1-17-8-10(4-6-13(17)18)16-14(19)9-3-5-11(15)12(7-9)20-2/h3,5,7,10H,4,6,8,15H2,1-2H3,(H,16,19). The molecule has 1 saturated heterocycles. The molecule has 1 unspecified atom stereocenters. The zero-order valence-corrected chi connectivity index (χ0v) is 11.7. The summed E-state index contributed by atoms with van der Waals surface area (Å²) in [6, 6.07) is 4.89. The second-order valence-corrected chi connectivity index (χ2v) is 4.94. The van der Waals surface area contributed by atoms with Crippen molar-refractivity contribution in [3.05, 3.63) is 23.8 Å². The third-order valence-corrected chi connectivity index (χ3v) is 3.46. The van der Waals surface area contributed by atoms with Crippen molar-refractivity contribution in [2.45, 2.75) is 18.9 Å². The maximum absolute atomic E-state index is 12.2. The molecule has 0 aromatic heterocycles. The molecule has 20 heavy (non-hydrogen) atoms. The van der Waals surface area contributed by atoms with E-state index in [4.69, 9.17) is 10.5 Å². The van der Waals surface area contributed by atoms with Crippen LogP contribution in [0.2, 0.25) is 0 Å². The zero-order chi connectivity index (χ0) is 14.7. The molecule has 0 aliphatic carbocycles. The number of nitrogens with zero attached hydrogens (tertiary/aromatic N) is 1. The van der Waals surface area contributed by atoms with Crippen LogP contribution in [-0.2, 0) is 4.79 Å². The summed E-state index contributed by atoms with van der Waals surface area (Å²) < 4.78 is 5.10. The number of benzene rings is 1. The average Bonchev–Trinajstić information content (AvgIpc) is 2.43. The predicted octanol–water partition coefficient (Wildman–Crippen LogP) is 0.628. The minimum Gasteiger partial charge on any atom is -0.495 e. The lowest BCUT2D eigenvalue weighted by Crippen LogP contribution is -2.48. The lowest BCUT2D eigenvalue weighted by Gasteiger charge is -2.30. The van der Waals surface area contributed by atoms with E-state index in [-0.39, 0.29) is 17.9 Å². The van der Waals surface area contributed by atoms with Crippen LogP contribution in [0, 0.1) is 0 Å². The van der Waals surface area contributed by atoms with E-state index >= 15 is 0 Å². The highest BCUT2D eigenvalue weighted by atomic mass is 16.5. The number of amides is 2. The fraction of sp³-hybridized carbons (Fsp3) is 0.429. The molecule has 0 saturated carbocycles. The molecule has 2 rings (SSSR count). The number of ether oxygens (including phenoxy) is 1. The Labute approximate surface area is 117 Å². The van der Waals surface area contributed by atoms with Crippen LogP contribution in [0.5, 0.6) is 5.75 Å². The SMILES string of the molecule is COc1cc(C(=O)NC2CCC(=O)N(C)C2)ccc1N. The van der Waals surface area contributed by atoms with E-state index in [0.29, 0.717) is 36.4 Å². The van der Waals surface area contributed by atoms with Gasteiger partial charge in [-0.05, 0) is 24.6 Å². The summed E-state index contributed by atoms with van der Waals surface area (Å²) in [7, 11) is 3.25. The van der Waals surface area contributed by atoms with Crippen LogP contribution in [0.1, 0.15) is 23.2 Å². The van der Waals surface area contributed by atoms with Crippen molar-refractivity contribution in [2.24, 2.45) is 0 Å². The lowest BCUT2D eigenvalue weighted by molar-refractivity contribution is -0.132. The summed E-state index contributed by atoms with van der Waals surface area (Å²) in [5.41, 5.74) is 6.71. The van der Waals surface area contributed by atoms with Gasteiger partial charge in [0, 0.05) is 31.6 Å². The van der Waals surface area contributed by atoms with Gasteiger partial charge in [-0.2, -0.15) is 0 Å². The number of hydrogen-bond acceptors (Lipinski definition) is 4. The molecule has 1 aliphatic rings. The second-order valence-electron chi connectivity index (χ2n) is 4.94. The molecule has 0 radical (unpaired) electrons. The van der Waals surface area contributed by atoms with Crippen molar-refractivity contribution in [1.82, 2.24) is 10.2 Å². The van der Waals surface area contributed by atoms with Gasteiger partial charge in [-0.25, -0.2) is 0 Å². The lowest BCUT2D eigenvalue weighted by atomic mass is 10.0. The van der Waals surface area contributed by atoms with Gasteiger partial charge in [0.2, 0.25) is 5.91 Å². The van der Waals surface area contributed by atoms with Crippen molar-refractivity contribution >= 4 is 17.5 Å². The van der Waals surface area contributed by atoms with Gasteiger partial charge in [-0.1, -0.05) is 0 Å². The number of hydrogen-bond donors (Lipinski definition) is 2. The fourth-order valence-electron chi connectivity index (χ4n) is 2.25. The number of likely N-dealkylation sites (tertiary alicyclic amines) is 1. The van der Waals surface area contributed by atoms with Crippen molar-refractivity contribution in [3.8, 4) is 5.75 Å². The van der Waals surface area contributed by atoms with E-state index in [1.54, 1.807) is 30.1 Å². The van der Waals surface area contributed by atoms with E-state index < -0.39 is 0 Å². The number of methoxy groups -OCH3 is 1. The van der Waals surface area contributed by atoms with Crippen molar-refractivity contribution in [3.63, 3.8) is 0 Å². The summed E-state index contributed by atoms with van der Waals surface area (Å²) >= 11 is 0. The molecule has 1 aromatic rings. The van der Waals surface area contributed by atoms with E-state index in [1.807, 2.05) is 0 Å². The quantitative estimate of drug-likeness (QED) is 0.794. The Kier molecular flexibility index (Phi) is 4.12. The number of carbonyl (C=O) groups excluding carboxylic acids is 2. The molecule has 1 fully saturated rings. The molecule has 1 aromatic carbocycles. The van der Waals surface area contributed by atoms with Crippen LogP contribution >= 0.6 is 0 Å². The highest BCUT2D eigenvalue weighted by molar-refractivity contribution is 5.95. The Balaban J connectivity index is 2.03. The monoisotopic (exact) mass is 277 g/mol. The Morgan fingerprint density at radius 1 is 1.50 bits per heavy atom. The van der Waals surface area contributed by atoms with Gasteiger partial charge in [0.25, 0.3) is 5.91 Å². The number of nitrogens with two attached hydrogens (primary N) is 1.